The number of rotatable bonds is 13. The highest BCUT2D eigenvalue weighted by Gasteiger charge is 2.27. The number of benzene rings is 2. The molecule has 0 bridgehead atoms. The van der Waals surface area contributed by atoms with Crippen molar-refractivity contribution < 1.29 is 18.3 Å². The molecule has 3 rings (SSSR count). The Labute approximate surface area is 203 Å². The fraction of sp³-hybridized carbons (Fsp3) is 0.500. The molecule has 2 atom stereocenters. The van der Waals surface area contributed by atoms with E-state index in [0.717, 1.165) is 81.1 Å². The van der Waals surface area contributed by atoms with E-state index >= 15 is 0 Å². The van der Waals surface area contributed by atoms with Gasteiger partial charge in [0.25, 0.3) is 0 Å². The van der Waals surface area contributed by atoms with Gasteiger partial charge in [-0.3, -0.25) is 4.79 Å². The smallest absolute Gasteiger partial charge is 0.211 e. The summed E-state index contributed by atoms with van der Waals surface area (Å²) in [4.78, 5) is 11.2. The van der Waals surface area contributed by atoms with Gasteiger partial charge in [0.1, 0.15) is 5.75 Å². The van der Waals surface area contributed by atoms with E-state index in [1.165, 1.54) is 6.26 Å². The molecule has 8 heteroatoms. The number of sulfone groups is 1. The van der Waals surface area contributed by atoms with Gasteiger partial charge in [0, 0.05) is 12.3 Å². The second-order valence-corrected chi connectivity index (χ2v) is 11.3. The zero-order valence-electron chi connectivity index (χ0n) is 19.9. The monoisotopic (exact) mass is 487 g/mol. The van der Waals surface area contributed by atoms with Crippen LogP contribution < -0.4 is 16.4 Å². The fourth-order valence-corrected chi connectivity index (χ4v) is 5.37. The molecule has 0 spiro atoms. The molecule has 5 N–H and O–H groups in total. The van der Waals surface area contributed by atoms with Crippen LogP contribution in [0.25, 0.3) is 0 Å². The zero-order valence-corrected chi connectivity index (χ0v) is 20.7. The number of hydrogen-bond acceptors (Lipinski definition) is 6. The number of nitrogens with one attached hydrogen (secondary N) is 2. The summed E-state index contributed by atoms with van der Waals surface area (Å²) < 4.78 is 23.0. The van der Waals surface area contributed by atoms with E-state index in [4.69, 9.17) is 5.73 Å². The van der Waals surface area contributed by atoms with E-state index in [1.807, 2.05) is 18.2 Å². The SMILES string of the molecule is CS(=O)(=O)c1ccc(CCNCCCCCCC2c3cc(NC=O)c(O)cc3CCC2N)cc1. The highest BCUT2D eigenvalue weighted by atomic mass is 32.2. The van der Waals surface area contributed by atoms with Crippen molar-refractivity contribution in [3.05, 3.63) is 53.1 Å². The summed E-state index contributed by atoms with van der Waals surface area (Å²) in [6, 6.07) is 10.9. The number of aryl methyl sites for hydroxylation is 1. The summed E-state index contributed by atoms with van der Waals surface area (Å²) in [5.41, 5.74) is 10.3. The number of anilines is 1. The first-order valence-electron chi connectivity index (χ1n) is 12.1. The van der Waals surface area contributed by atoms with Crippen molar-refractivity contribution in [3.8, 4) is 5.75 Å². The first-order chi connectivity index (χ1) is 16.3. The van der Waals surface area contributed by atoms with Crippen LogP contribution in [-0.4, -0.2) is 45.3 Å². The lowest BCUT2D eigenvalue weighted by atomic mass is 9.76. The van der Waals surface area contributed by atoms with E-state index in [2.05, 4.69) is 10.6 Å². The fourth-order valence-electron chi connectivity index (χ4n) is 4.74. The summed E-state index contributed by atoms with van der Waals surface area (Å²) in [7, 11) is -3.14. The van der Waals surface area contributed by atoms with Crippen molar-refractivity contribution >= 4 is 21.9 Å². The third-order valence-electron chi connectivity index (χ3n) is 6.70. The quantitative estimate of drug-likeness (QED) is 0.195. The lowest BCUT2D eigenvalue weighted by Gasteiger charge is -2.32. The van der Waals surface area contributed by atoms with Gasteiger partial charge in [-0.15, -0.1) is 0 Å². The molecule has 0 aliphatic heterocycles. The average molecular weight is 488 g/mol. The maximum absolute atomic E-state index is 11.5. The molecule has 34 heavy (non-hydrogen) atoms. The number of carbonyl (C=O) groups excluding carboxylic acids is 1. The number of fused-ring (bicyclic) bond motifs is 1. The first-order valence-corrected chi connectivity index (χ1v) is 14.0. The Morgan fingerprint density at radius 2 is 1.82 bits per heavy atom. The number of phenolic OH excluding ortho intramolecular Hbond substituents is 1. The van der Waals surface area contributed by atoms with Gasteiger partial charge >= 0.3 is 0 Å². The van der Waals surface area contributed by atoms with Crippen molar-refractivity contribution in [2.45, 2.75) is 68.2 Å². The van der Waals surface area contributed by atoms with Crippen molar-refractivity contribution in [2.24, 2.45) is 5.73 Å². The number of unbranched alkanes of at least 4 members (excludes halogenated alkanes) is 3. The summed E-state index contributed by atoms with van der Waals surface area (Å²) in [5, 5.41) is 16.2. The molecule has 0 radical (unpaired) electrons. The molecule has 1 aliphatic rings. The van der Waals surface area contributed by atoms with Crippen molar-refractivity contribution in [3.63, 3.8) is 0 Å². The molecule has 7 nitrogen and oxygen atoms in total. The molecule has 0 saturated carbocycles. The van der Waals surface area contributed by atoms with Crippen LogP contribution in [-0.2, 0) is 27.5 Å². The maximum Gasteiger partial charge on any atom is 0.211 e. The average Bonchev–Trinajstić information content (AvgIpc) is 2.80. The van der Waals surface area contributed by atoms with Crippen molar-refractivity contribution in [1.82, 2.24) is 5.32 Å². The van der Waals surface area contributed by atoms with Crippen LogP contribution in [0.3, 0.4) is 0 Å². The molecule has 186 valence electrons. The van der Waals surface area contributed by atoms with E-state index in [0.29, 0.717) is 17.0 Å². The molecule has 1 aliphatic carbocycles. The summed E-state index contributed by atoms with van der Waals surface area (Å²) in [6.45, 7) is 1.84. The zero-order chi connectivity index (χ0) is 24.6. The molecule has 2 unspecified atom stereocenters. The van der Waals surface area contributed by atoms with Crippen LogP contribution >= 0.6 is 0 Å². The van der Waals surface area contributed by atoms with E-state index in [-0.39, 0.29) is 17.7 Å². The Bertz CT molecular complexity index is 1050. The minimum atomic E-state index is -3.14. The Balaban J connectivity index is 1.34. The molecule has 0 fully saturated rings. The minimum Gasteiger partial charge on any atom is -0.506 e. The van der Waals surface area contributed by atoms with Gasteiger partial charge in [0.05, 0.1) is 10.6 Å². The van der Waals surface area contributed by atoms with Crippen LogP contribution in [0.15, 0.2) is 41.3 Å². The largest absolute Gasteiger partial charge is 0.506 e. The Morgan fingerprint density at radius 3 is 2.53 bits per heavy atom. The third kappa shape index (κ3) is 7.29. The standard InChI is InChI=1S/C26H37N3O4S/c1-34(32,33)21-10-7-19(8-11-21)13-15-28-14-5-3-2-4-6-22-23-17-25(29-18-30)26(31)16-20(23)9-12-24(22)27/h7-8,10-11,16-18,22,24,28,31H,2-6,9,12-15,27H2,1H3,(H,29,30). The summed E-state index contributed by atoms with van der Waals surface area (Å²) in [5.74, 6) is 0.363. The van der Waals surface area contributed by atoms with Crippen LogP contribution in [0.1, 0.15) is 61.1 Å². The van der Waals surface area contributed by atoms with Crippen LogP contribution in [0.4, 0.5) is 5.69 Å². The van der Waals surface area contributed by atoms with E-state index in [9.17, 15) is 18.3 Å². The molecule has 0 heterocycles. The first kappa shape index (κ1) is 26.2. The molecule has 1 amide bonds. The van der Waals surface area contributed by atoms with Crippen molar-refractivity contribution in [2.75, 3.05) is 24.7 Å². The van der Waals surface area contributed by atoms with E-state index < -0.39 is 9.84 Å². The molecular formula is C26H37N3O4S. The second-order valence-electron chi connectivity index (χ2n) is 9.26. The Kier molecular flexibility index (Phi) is 9.50. The Morgan fingerprint density at radius 1 is 1.09 bits per heavy atom. The lowest BCUT2D eigenvalue weighted by molar-refractivity contribution is -0.105. The van der Waals surface area contributed by atoms with E-state index in [1.54, 1.807) is 18.2 Å². The van der Waals surface area contributed by atoms with Gasteiger partial charge in [-0.25, -0.2) is 8.42 Å². The lowest BCUT2D eigenvalue weighted by Crippen LogP contribution is -2.33. The number of hydrogen-bond donors (Lipinski definition) is 4. The predicted molar refractivity (Wildman–Crippen MR) is 136 cm³/mol. The minimum absolute atomic E-state index is 0.106. The molecule has 2 aromatic carbocycles. The third-order valence-corrected chi connectivity index (χ3v) is 7.82. The number of amides is 1. The second kappa shape index (κ2) is 12.3. The summed E-state index contributed by atoms with van der Waals surface area (Å²) >= 11 is 0. The maximum atomic E-state index is 11.5. The topological polar surface area (TPSA) is 122 Å². The molecule has 2 aromatic rings. The van der Waals surface area contributed by atoms with Gasteiger partial charge in [-0.2, -0.15) is 0 Å². The summed E-state index contributed by atoms with van der Waals surface area (Å²) in [6.07, 6.45) is 9.97. The number of nitrogens with two attached hydrogens (primary N) is 1. The predicted octanol–water partition coefficient (Wildman–Crippen LogP) is 3.50. The van der Waals surface area contributed by atoms with Gasteiger partial charge in [-0.1, -0.05) is 31.4 Å². The Hall–Kier alpha value is -2.42. The van der Waals surface area contributed by atoms with Gasteiger partial charge < -0.3 is 21.5 Å². The van der Waals surface area contributed by atoms with Gasteiger partial charge in [-0.05, 0) is 92.1 Å². The number of carbonyl (C=O) groups is 1. The van der Waals surface area contributed by atoms with Crippen molar-refractivity contribution in [1.29, 1.82) is 0 Å². The molecule has 0 saturated heterocycles. The van der Waals surface area contributed by atoms with Crippen LogP contribution in [0.5, 0.6) is 5.75 Å². The van der Waals surface area contributed by atoms with Crippen LogP contribution in [0.2, 0.25) is 0 Å². The van der Waals surface area contributed by atoms with Crippen LogP contribution in [0, 0.1) is 0 Å². The van der Waals surface area contributed by atoms with Gasteiger partial charge in [0.2, 0.25) is 6.41 Å². The molecule has 0 aromatic heterocycles. The molecular weight excluding hydrogens is 450 g/mol. The normalized spacial score (nSPS) is 17.8. The highest BCUT2D eigenvalue weighted by Crippen LogP contribution is 2.39. The highest BCUT2D eigenvalue weighted by molar-refractivity contribution is 7.90. The number of aromatic hydroxyl groups is 1. The van der Waals surface area contributed by atoms with Gasteiger partial charge in [0.15, 0.2) is 9.84 Å². The number of phenols is 1.